The zero-order valence-corrected chi connectivity index (χ0v) is 8.49. The van der Waals surface area contributed by atoms with Crippen LogP contribution in [-0.2, 0) is 4.79 Å². The molecule has 4 rings (SSSR count). The Labute approximate surface area is 84.0 Å². The molecule has 4 aliphatic rings. The molecule has 0 radical (unpaired) electrons. The highest BCUT2D eigenvalue weighted by atomic mass is 16.3. The van der Waals surface area contributed by atoms with Crippen LogP contribution in [-0.4, -0.2) is 16.6 Å². The fourth-order valence-corrected chi connectivity index (χ4v) is 4.10. The van der Waals surface area contributed by atoms with Crippen molar-refractivity contribution in [3.05, 3.63) is 5.57 Å². The topological polar surface area (TPSA) is 37.3 Å². The summed E-state index contributed by atoms with van der Waals surface area (Å²) in [4.78, 5) is 10.9. The molecule has 2 heteroatoms. The standard InChI is InChI=1S/C12H16O2/c1-12(14)9-3-7-2-8(5-9)10(6-13)11(12)4-7/h7-9,11,14H,2-5H2,1H3. The third kappa shape index (κ3) is 0.884. The maximum atomic E-state index is 10.9. The molecule has 0 aliphatic heterocycles. The predicted molar refractivity (Wildman–Crippen MR) is 52.3 cm³/mol. The summed E-state index contributed by atoms with van der Waals surface area (Å²) in [7, 11) is 0. The molecule has 4 fully saturated rings. The van der Waals surface area contributed by atoms with Crippen molar-refractivity contribution in [2.75, 3.05) is 0 Å². The highest BCUT2D eigenvalue weighted by Gasteiger charge is 2.56. The van der Waals surface area contributed by atoms with Crippen LogP contribution in [0.4, 0.5) is 0 Å². The van der Waals surface area contributed by atoms with Crippen molar-refractivity contribution in [3.63, 3.8) is 0 Å². The molecule has 5 unspecified atom stereocenters. The van der Waals surface area contributed by atoms with Crippen LogP contribution in [0.3, 0.4) is 0 Å². The molecule has 76 valence electrons. The molecule has 0 amide bonds. The molecule has 1 N–H and O–H groups in total. The zero-order chi connectivity index (χ0) is 9.92. The first-order valence-electron chi connectivity index (χ1n) is 5.60. The van der Waals surface area contributed by atoms with Gasteiger partial charge < -0.3 is 5.11 Å². The SMILES string of the molecule is CC1(O)C2CC3CC(C2)C(=C=O)C1C3. The van der Waals surface area contributed by atoms with E-state index in [0.717, 1.165) is 24.3 Å². The van der Waals surface area contributed by atoms with Gasteiger partial charge in [0.2, 0.25) is 0 Å². The third-order valence-electron chi connectivity index (χ3n) is 4.84. The molecule has 0 aromatic rings. The van der Waals surface area contributed by atoms with E-state index in [9.17, 15) is 9.90 Å². The number of rotatable bonds is 0. The van der Waals surface area contributed by atoms with Crippen molar-refractivity contribution in [2.24, 2.45) is 23.7 Å². The smallest absolute Gasteiger partial charge is 0.124 e. The first-order valence-corrected chi connectivity index (χ1v) is 5.60. The van der Waals surface area contributed by atoms with Crippen molar-refractivity contribution in [2.45, 2.75) is 38.2 Å². The quantitative estimate of drug-likeness (QED) is 0.591. The summed E-state index contributed by atoms with van der Waals surface area (Å²) in [5.74, 6) is 3.88. The van der Waals surface area contributed by atoms with Gasteiger partial charge in [0.25, 0.3) is 0 Å². The number of hydrogen-bond acceptors (Lipinski definition) is 2. The Bertz CT molecular complexity index is 325. The van der Waals surface area contributed by atoms with Gasteiger partial charge in [-0.3, -0.25) is 0 Å². The lowest BCUT2D eigenvalue weighted by Gasteiger charge is -2.57. The van der Waals surface area contributed by atoms with Gasteiger partial charge in [-0.15, -0.1) is 0 Å². The van der Waals surface area contributed by atoms with Crippen molar-refractivity contribution in [3.8, 4) is 0 Å². The van der Waals surface area contributed by atoms with Crippen LogP contribution in [0.25, 0.3) is 0 Å². The van der Waals surface area contributed by atoms with Gasteiger partial charge >= 0.3 is 0 Å². The first kappa shape index (κ1) is 8.70. The van der Waals surface area contributed by atoms with Crippen molar-refractivity contribution >= 4 is 5.94 Å². The second-order valence-corrected chi connectivity index (χ2v) is 5.54. The monoisotopic (exact) mass is 192 g/mol. The van der Waals surface area contributed by atoms with Crippen LogP contribution in [0.5, 0.6) is 0 Å². The van der Waals surface area contributed by atoms with E-state index < -0.39 is 5.60 Å². The molecular weight excluding hydrogens is 176 g/mol. The molecule has 0 saturated heterocycles. The molecule has 14 heavy (non-hydrogen) atoms. The summed E-state index contributed by atoms with van der Waals surface area (Å²) in [5.41, 5.74) is 0.266. The molecular formula is C12H16O2. The van der Waals surface area contributed by atoms with Gasteiger partial charge in [-0.2, -0.15) is 0 Å². The van der Waals surface area contributed by atoms with Crippen LogP contribution in [0, 0.1) is 23.7 Å². The fraction of sp³-hybridized carbons (Fsp3) is 0.833. The number of aliphatic hydroxyl groups is 1. The molecule has 4 saturated carbocycles. The van der Waals surface area contributed by atoms with E-state index >= 15 is 0 Å². The fourth-order valence-electron chi connectivity index (χ4n) is 4.10. The van der Waals surface area contributed by atoms with E-state index in [-0.39, 0.29) is 5.92 Å². The van der Waals surface area contributed by atoms with E-state index in [1.165, 1.54) is 12.8 Å². The van der Waals surface area contributed by atoms with Crippen LogP contribution in [0.1, 0.15) is 32.6 Å². The van der Waals surface area contributed by atoms with Crippen LogP contribution in [0.15, 0.2) is 5.57 Å². The Morgan fingerprint density at radius 1 is 1.36 bits per heavy atom. The Kier molecular flexibility index (Phi) is 1.55. The van der Waals surface area contributed by atoms with E-state index in [2.05, 4.69) is 5.94 Å². The van der Waals surface area contributed by atoms with Gasteiger partial charge in [0.1, 0.15) is 5.94 Å². The van der Waals surface area contributed by atoms with Gasteiger partial charge in [-0.1, -0.05) is 0 Å². The van der Waals surface area contributed by atoms with Crippen LogP contribution in [0.2, 0.25) is 0 Å². The highest BCUT2D eigenvalue weighted by Crippen LogP contribution is 2.59. The number of hydrogen-bond donors (Lipinski definition) is 1. The van der Waals surface area contributed by atoms with Gasteiger partial charge in [0.05, 0.1) is 5.60 Å². The van der Waals surface area contributed by atoms with Gasteiger partial charge in [0.15, 0.2) is 0 Å². The normalized spacial score (nSPS) is 54.9. The lowest BCUT2D eigenvalue weighted by atomic mass is 9.49. The molecule has 0 heterocycles. The molecule has 2 nitrogen and oxygen atoms in total. The van der Waals surface area contributed by atoms with E-state index in [4.69, 9.17) is 0 Å². The minimum Gasteiger partial charge on any atom is -0.389 e. The Morgan fingerprint density at radius 2 is 2.14 bits per heavy atom. The Balaban J connectivity index is 2.08. The largest absolute Gasteiger partial charge is 0.389 e. The second-order valence-electron chi connectivity index (χ2n) is 5.54. The average molecular weight is 192 g/mol. The molecule has 0 aromatic carbocycles. The van der Waals surface area contributed by atoms with E-state index in [1.54, 1.807) is 0 Å². The predicted octanol–water partition coefficient (Wildman–Crippen LogP) is 1.56. The Morgan fingerprint density at radius 3 is 2.86 bits per heavy atom. The summed E-state index contributed by atoms with van der Waals surface area (Å²) in [6, 6.07) is 0. The summed E-state index contributed by atoms with van der Waals surface area (Å²) >= 11 is 0. The van der Waals surface area contributed by atoms with Crippen LogP contribution < -0.4 is 0 Å². The molecule has 4 bridgehead atoms. The molecule has 0 spiro atoms. The summed E-state index contributed by atoms with van der Waals surface area (Å²) in [6.45, 7) is 1.91. The summed E-state index contributed by atoms with van der Waals surface area (Å²) < 4.78 is 0. The minimum atomic E-state index is -0.625. The van der Waals surface area contributed by atoms with E-state index in [1.807, 2.05) is 6.92 Å². The Hall–Kier alpha value is -0.590. The van der Waals surface area contributed by atoms with Crippen molar-refractivity contribution < 1.29 is 9.90 Å². The molecule has 5 atom stereocenters. The van der Waals surface area contributed by atoms with Gasteiger partial charge in [0, 0.05) is 11.5 Å². The lowest BCUT2D eigenvalue weighted by molar-refractivity contribution is -0.132. The first-order chi connectivity index (χ1) is 6.63. The van der Waals surface area contributed by atoms with Gasteiger partial charge in [-0.05, 0) is 50.4 Å². The van der Waals surface area contributed by atoms with Crippen molar-refractivity contribution in [1.29, 1.82) is 0 Å². The second kappa shape index (κ2) is 2.50. The van der Waals surface area contributed by atoms with Gasteiger partial charge in [-0.25, -0.2) is 4.79 Å². The molecule has 0 aromatic heterocycles. The highest BCUT2D eigenvalue weighted by molar-refractivity contribution is 5.56. The van der Waals surface area contributed by atoms with Crippen LogP contribution >= 0.6 is 0 Å². The average Bonchev–Trinajstić information content (AvgIpc) is 2.14. The maximum Gasteiger partial charge on any atom is 0.124 e. The third-order valence-corrected chi connectivity index (χ3v) is 4.84. The summed E-state index contributed by atoms with van der Waals surface area (Å²) in [5, 5.41) is 10.4. The number of carbonyl (C=O) groups excluding carboxylic acids is 1. The van der Waals surface area contributed by atoms with E-state index in [0.29, 0.717) is 11.8 Å². The zero-order valence-electron chi connectivity index (χ0n) is 8.49. The molecule has 4 aliphatic carbocycles. The summed E-state index contributed by atoms with van der Waals surface area (Å²) in [6.07, 6.45) is 4.38. The minimum absolute atomic E-state index is 0.122. The maximum absolute atomic E-state index is 10.9. The van der Waals surface area contributed by atoms with Crippen molar-refractivity contribution in [1.82, 2.24) is 0 Å². The lowest BCUT2D eigenvalue weighted by Crippen LogP contribution is -2.57.